The van der Waals surface area contributed by atoms with Crippen LogP contribution in [0.5, 0.6) is 0 Å². The number of piperidine rings is 1. The maximum atomic E-state index is 13.0. The molecule has 4 aliphatic rings. The molecular weight excluding hydrogens is 596 g/mol. The molecule has 6 N–H and O–H groups in total. The predicted molar refractivity (Wildman–Crippen MR) is 201 cm³/mol. The number of fused-ring (bicyclic) bond motifs is 1. The van der Waals surface area contributed by atoms with Gasteiger partial charge in [0.05, 0.1) is 29.9 Å². The summed E-state index contributed by atoms with van der Waals surface area (Å²) >= 11 is 0. The molecule has 8 nitrogen and oxygen atoms in total. The minimum atomic E-state index is -0.374. The van der Waals surface area contributed by atoms with Crippen LogP contribution in [0, 0.1) is 40.9 Å². The lowest BCUT2D eigenvalue weighted by Gasteiger charge is -2.42. The van der Waals surface area contributed by atoms with Crippen molar-refractivity contribution in [3.8, 4) is 0 Å². The maximum absolute atomic E-state index is 13.0. The van der Waals surface area contributed by atoms with E-state index in [0.29, 0.717) is 48.6 Å². The van der Waals surface area contributed by atoms with E-state index in [-0.39, 0.29) is 41.1 Å². The number of likely N-dealkylation sites (tertiary alicyclic amines) is 1. The fourth-order valence-electron chi connectivity index (χ4n) is 6.96. The van der Waals surface area contributed by atoms with Crippen LogP contribution >= 0.6 is 0 Å². The molecular formula is C40H70N6O2. The highest BCUT2D eigenvalue weighted by Gasteiger charge is 2.60. The molecule has 48 heavy (non-hydrogen) atoms. The Morgan fingerprint density at radius 1 is 1.00 bits per heavy atom. The molecule has 0 amide bonds. The molecule has 0 bridgehead atoms. The van der Waals surface area contributed by atoms with Crippen molar-refractivity contribution in [2.24, 2.45) is 46.7 Å². The first-order valence-electron chi connectivity index (χ1n) is 18.6. The number of rotatable bonds is 21. The normalized spacial score (nSPS) is 24.6. The van der Waals surface area contributed by atoms with Crippen molar-refractivity contribution in [1.82, 2.24) is 26.2 Å². The van der Waals surface area contributed by atoms with E-state index >= 15 is 0 Å². The molecule has 4 fully saturated rings. The van der Waals surface area contributed by atoms with Gasteiger partial charge in [-0.25, -0.2) is 0 Å². The molecule has 1 saturated heterocycles. The van der Waals surface area contributed by atoms with Gasteiger partial charge in [-0.05, 0) is 66.8 Å². The average Bonchev–Trinajstić information content (AvgIpc) is 3.94. The standard InChI is InChI=1S/C37H62N6O2.C3H8/c1-21(2)32(20-45-27(8)39-18-29-14-15-29)41-22(3)17-40-36(37(9,10)11)26(7)43-19-30-23(4)33(30)34(43)25(6)42-31(16-28-12-13-28)35(44)24(5)38;1-3-2/h21,23,28-34,36,39-42H,3,5-8,12-20,38H2,1-2,4,9-11H3;3H2,1-2H3/t23?,30-,31?,32?,33+,34?,36?;/m1./s1. The van der Waals surface area contributed by atoms with Crippen molar-refractivity contribution in [2.45, 2.75) is 118 Å². The van der Waals surface area contributed by atoms with Gasteiger partial charge >= 0.3 is 0 Å². The molecule has 8 heteroatoms. The number of nitrogens with one attached hydrogen (secondary N) is 4. The van der Waals surface area contributed by atoms with Gasteiger partial charge in [0.25, 0.3) is 0 Å². The summed E-state index contributed by atoms with van der Waals surface area (Å²) in [4.78, 5) is 15.4. The lowest BCUT2D eigenvalue weighted by atomic mass is 9.84. The van der Waals surface area contributed by atoms with Crippen LogP contribution in [0.15, 0.2) is 61.6 Å². The number of hydrogen-bond acceptors (Lipinski definition) is 8. The molecule has 0 aromatic heterocycles. The second kappa shape index (κ2) is 17.2. The Morgan fingerprint density at radius 3 is 2.12 bits per heavy atom. The van der Waals surface area contributed by atoms with Crippen molar-refractivity contribution in [1.29, 1.82) is 0 Å². The van der Waals surface area contributed by atoms with Crippen LogP contribution in [-0.2, 0) is 9.53 Å². The number of nitrogens with two attached hydrogens (primary N) is 1. The Labute approximate surface area is 293 Å². The zero-order chi connectivity index (χ0) is 35.9. The van der Waals surface area contributed by atoms with Crippen LogP contribution < -0.4 is 27.0 Å². The van der Waals surface area contributed by atoms with Crippen LogP contribution in [0.1, 0.15) is 93.9 Å². The molecule has 0 aromatic carbocycles. The van der Waals surface area contributed by atoms with Crippen molar-refractivity contribution in [2.75, 3.05) is 26.2 Å². The van der Waals surface area contributed by atoms with Crippen molar-refractivity contribution < 1.29 is 9.53 Å². The summed E-state index contributed by atoms with van der Waals surface area (Å²) in [6, 6.07) is -0.181. The van der Waals surface area contributed by atoms with E-state index in [2.05, 4.69) is 114 Å². The number of hydrogen-bond donors (Lipinski definition) is 5. The SMILES string of the molecule is C=C(CNC(C(=C)N1C[C@@H]2C(C)[C@@H]2C1C(=C)NC(CC1CC1)C(=O)C(=C)N)C(C)(C)C)NC(COC(=C)NCC1CC1)C(C)C.CCC. The van der Waals surface area contributed by atoms with Crippen LogP contribution in [0.3, 0.4) is 0 Å². The van der Waals surface area contributed by atoms with E-state index in [1.54, 1.807) is 0 Å². The summed E-state index contributed by atoms with van der Waals surface area (Å²) in [5.74, 6) is 3.95. The average molecular weight is 667 g/mol. The van der Waals surface area contributed by atoms with Gasteiger partial charge in [0, 0.05) is 36.7 Å². The molecule has 7 atom stereocenters. The summed E-state index contributed by atoms with van der Waals surface area (Å²) in [6.07, 6.45) is 6.95. The quantitative estimate of drug-likeness (QED) is 0.0707. The second-order valence-electron chi connectivity index (χ2n) is 16.5. The fraction of sp³-hybridized carbons (Fsp3) is 0.725. The van der Waals surface area contributed by atoms with E-state index in [0.717, 1.165) is 42.5 Å². The predicted octanol–water partition coefficient (Wildman–Crippen LogP) is 6.42. The Hall–Kier alpha value is -2.87. The van der Waals surface area contributed by atoms with Crippen molar-refractivity contribution >= 4 is 5.78 Å². The molecule has 3 saturated carbocycles. The highest BCUT2D eigenvalue weighted by atomic mass is 16.5. The molecule has 4 rings (SSSR count). The van der Waals surface area contributed by atoms with Gasteiger partial charge in [-0.3, -0.25) is 4.79 Å². The zero-order valence-corrected chi connectivity index (χ0v) is 31.7. The molecule has 5 unspecified atom stereocenters. The minimum Gasteiger partial charge on any atom is -0.478 e. The van der Waals surface area contributed by atoms with E-state index in [1.807, 2.05) is 0 Å². The van der Waals surface area contributed by atoms with Crippen molar-refractivity contribution in [3.05, 3.63) is 61.6 Å². The maximum Gasteiger partial charge on any atom is 0.199 e. The highest BCUT2D eigenvalue weighted by molar-refractivity contribution is 5.98. The molecule has 272 valence electrons. The molecule has 1 aliphatic heterocycles. The van der Waals surface area contributed by atoms with Crippen LogP contribution in [0.25, 0.3) is 0 Å². The first-order chi connectivity index (χ1) is 22.5. The van der Waals surface area contributed by atoms with Gasteiger partial charge in [-0.1, -0.05) is 101 Å². The largest absolute Gasteiger partial charge is 0.478 e. The third-order valence-electron chi connectivity index (χ3n) is 10.4. The minimum absolute atomic E-state index is 0.00650. The summed E-state index contributed by atoms with van der Waals surface area (Å²) < 4.78 is 5.97. The van der Waals surface area contributed by atoms with Crippen molar-refractivity contribution in [3.63, 3.8) is 0 Å². The number of ketones is 1. The molecule has 3 aliphatic carbocycles. The first kappa shape index (κ1) is 39.6. The monoisotopic (exact) mass is 667 g/mol. The summed E-state index contributed by atoms with van der Waals surface area (Å²) in [5.41, 5.74) is 8.74. The Bertz CT molecular complexity index is 1160. The van der Waals surface area contributed by atoms with E-state index in [4.69, 9.17) is 10.5 Å². The lowest BCUT2D eigenvalue weighted by molar-refractivity contribution is -0.117. The van der Waals surface area contributed by atoms with Crippen LogP contribution in [0.4, 0.5) is 0 Å². The summed E-state index contributed by atoms with van der Waals surface area (Å²) in [7, 11) is 0. The van der Waals surface area contributed by atoms with Gasteiger partial charge in [-0.15, -0.1) is 0 Å². The zero-order valence-electron chi connectivity index (χ0n) is 31.7. The molecule has 0 spiro atoms. The smallest absolute Gasteiger partial charge is 0.199 e. The summed E-state index contributed by atoms with van der Waals surface area (Å²) in [6.45, 7) is 42.0. The first-order valence-corrected chi connectivity index (χ1v) is 18.6. The number of carbonyl (C=O) groups is 1. The van der Waals surface area contributed by atoms with Gasteiger partial charge in [-0.2, -0.15) is 0 Å². The van der Waals surface area contributed by atoms with E-state index in [9.17, 15) is 4.79 Å². The lowest BCUT2D eigenvalue weighted by Crippen LogP contribution is -2.52. The van der Waals surface area contributed by atoms with Crippen LogP contribution in [-0.4, -0.2) is 61.1 Å². The summed E-state index contributed by atoms with van der Waals surface area (Å²) in [5, 5.41) is 14.2. The Balaban J connectivity index is 0.00000201. The second-order valence-corrected chi connectivity index (χ2v) is 16.5. The Kier molecular flexibility index (Phi) is 14.2. The number of Topliss-reactive ketones (excluding diaryl/α,β-unsaturated/α-hetero) is 1. The number of carbonyl (C=O) groups excluding carboxylic acids is 1. The van der Waals surface area contributed by atoms with Gasteiger partial charge < -0.3 is 36.6 Å². The molecule has 0 aromatic rings. The van der Waals surface area contributed by atoms with Gasteiger partial charge in [0.2, 0.25) is 0 Å². The van der Waals surface area contributed by atoms with Gasteiger partial charge in [0.15, 0.2) is 11.7 Å². The third-order valence-corrected chi connectivity index (χ3v) is 10.4. The topological polar surface area (TPSA) is 104 Å². The number of nitrogens with zero attached hydrogens (tertiary/aromatic N) is 1. The van der Waals surface area contributed by atoms with E-state index in [1.165, 1.54) is 32.1 Å². The van der Waals surface area contributed by atoms with E-state index < -0.39 is 0 Å². The highest BCUT2D eigenvalue weighted by Crippen LogP contribution is 2.57. The Morgan fingerprint density at radius 2 is 1.60 bits per heavy atom. The number of ether oxygens (including phenoxy) is 1. The van der Waals surface area contributed by atoms with Gasteiger partial charge in [0.1, 0.15) is 6.61 Å². The molecule has 0 radical (unpaired) electrons. The van der Waals surface area contributed by atoms with Crippen LogP contribution in [0.2, 0.25) is 0 Å². The fourth-order valence-corrected chi connectivity index (χ4v) is 6.96. The third kappa shape index (κ3) is 11.3. The molecule has 1 heterocycles.